The Kier molecular flexibility index (Phi) is 13.3. The van der Waals surface area contributed by atoms with Gasteiger partial charge in [0.05, 0.1) is 0 Å². The van der Waals surface area contributed by atoms with Gasteiger partial charge >= 0.3 is 37.7 Å². The number of hydrogen-bond donors (Lipinski definition) is 0. The monoisotopic (exact) mass is 155 g/mol. The SMILES string of the molecule is [CH2]C(CC)CCCC.[CaH2]. The summed E-state index contributed by atoms with van der Waals surface area (Å²) in [5.74, 6) is 0.704. The minimum absolute atomic E-state index is 0. The van der Waals surface area contributed by atoms with E-state index in [4.69, 9.17) is 0 Å². The van der Waals surface area contributed by atoms with Crippen molar-refractivity contribution in [2.75, 3.05) is 0 Å². The molecular weight excluding hydrogens is 136 g/mol. The van der Waals surface area contributed by atoms with Gasteiger partial charge in [-0.2, -0.15) is 0 Å². The third-order valence-electron chi connectivity index (χ3n) is 1.54. The van der Waals surface area contributed by atoms with Crippen LogP contribution in [0.2, 0.25) is 0 Å². The summed E-state index contributed by atoms with van der Waals surface area (Å²) in [6, 6.07) is 0. The summed E-state index contributed by atoms with van der Waals surface area (Å²) in [7, 11) is 0. The van der Waals surface area contributed by atoms with Crippen LogP contribution < -0.4 is 0 Å². The third kappa shape index (κ3) is 9.26. The van der Waals surface area contributed by atoms with Crippen LogP contribution in [0.3, 0.4) is 0 Å². The Balaban J connectivity index is 0. The Morgan fingerprint density at radius 3 is 2.22 bits per heavy atom. The predicted molar refractivity (Wildman–Crippen MR) is 47.2 cm³/mol. The second-order valence-corrected chi connectivity index (χ2v) is 2.42. The van der Waals surface area contributed by atoms with E-state index < -0.39 is 0 Å². The van der Waals surface area contributed by atoms with Crippen molar-refractivity contribution in [2.45, 2.75) is 39.5 Å². The van der Waals surface area contributed by atoms with Gasteiger partial charge in [0.15, 0.2) is 0 Å². The van der Waals surface area contributed by atoms with Crippen LogP contribution in [0, 0.1) is 12.8 Å². The molecule has 0 aliphatic rings. The first-order chi connectivity index (χ1) is 3.81. The molecule has 0 fully saturated rings. The number of hydrogen-bond acceptors (Lipinski definition) is 0. The molecule has 0 aromatic heterocycles. The second-order valence-electron chi connectivity index (χ2n) is 2.42. The molecule has 0 N–H and O–H groups in total. The summed E-state index contributed by atoms with van der Waals surface area (Å²) in [5, 5.41) is 0. The van der Waals surface area contributed by atoms with E-state index in [1.54, 1.807) is 0 Å². The summed E-state index contributed by atoms with van der Waals surface area (Å²) >= 11 is 0. The van der Waals surface area contributed by atoms with Gasteiger partial charge in [-0.15, -0.1) is 0 Å². The van der Waals surface area contributed by atoms with E-state index in [-0.39, 0.29) is 37.7 Å². The summed E-state index contributed by atoms with van der Waals surface area (Å²) in [6.07, 6.45) is 5.21. The molecule has 0 nitrogen and oxygen atoms in total. The van der Waals surface area contributed by atoms with Crippen LogP contribution in [0.25, 0.3) is 0 Å². The Morgan fingerprint density at radius 2 is 1.89 bits per heavy atom. The molecule has 0 heterocycles. The molecule has 1 atom stereocenters. The maximum absolute atomic E-state index is 3.99. The molecule has 1 heteroatoms. The Labute approximate surface area is 89.4 Å². The number of rotatable bonds is 4. The quantitative estimate of drug-likeness (QED) is 0.546. The van der Waals surface area contributed by atoms with Crippen molar-refractivity contribution in [1.29, 1.82) is 0 Å². The van der Waals surface area contributed by atoms with Crippen molar-refractivity contribution in [2.24, 2.45) is 5.92 Å². The zero-order valence-electron chi connectivity index (χ0n) is 6.11. The van der Waals surface area contributed by atoms with Crippen molar-refractivity contribution in [3.8, 4) is 0 Å². The predicted octanol–water partition coefficient (Wildman–Crippen LogP) is 2.12. The molecule has 0 amide bonds. The summed E-state index contributed by atoms with van der Waals surface area (Å²) in [5.41, 5.74) is 0. The summed E-state index contributed by atoms with van der Waals surface area (Å²) in [4.78, 5) is 0. The number of unbranched alkanes of at least 4 members (excludes halogenated alkanes) is 1. The van der Waals surface area contributed by atoms with Crippen molar-refractivity contribution in [3.63, 3.8) is 0 Å². The Morgan fingerprint density at radius 1 is 1.33 bits per heavy atom. The molecular formula is C8H19Ca. The van der Waals surface area contributed by atoms with E-state index in [1.807, 2.05) is 0 Å². The van der Waals surface area contributed by atoms with Crippen LogP contribution in [-0.2, 0) is 0 Å². The summed E-state index contributed by atoms with van der Waals surface area (Å²) < 4.78 is 0. The molecule has 0 saturated carbocycles. The Bertz CT molecular complexity index is 43.8. The van der Waals surface area contributed by atoms with Gasteiger partial charge in [0.25, 0.3) is 0 Å². The van der Waals surface area contributed by atoms with E-state index in [9.17, 15) is 0 Å². The molecule has 0 aliphatic carbocycles. The van der Waals surface area contributed by atoms with Gasteiger partial charge in [-0.1, -0.05) is 46.5 Å². The van der Waals surface area contributed by atoms with Crippen molar-refractivity contribution in [3.05, 3.63) is 6.92 Å². The standard InChI is InChI=1S/C8H17.Ca.2H/c1-4-6-7-8(3)5-2;;;/h8H,3-7H2,1-2H3;;;. The fourth-order valence-electron chi connectivity index (χ4n) is 0.697. The van der Waals surface area contributed by atoms with Gasteiger partial charge in [-0.25, -0.2) is 0 Å². The fraction of sp³-hybridized carbons (Fsp3) is 0.875. The first-order valence-electron chi connectivity index (χ1n) is 3.64. The molecule has 0 aliphatic heterocycles. The molecule has 0 saturated heterocycles. The average Bonchev–Trinajstić information content (AvgIpc) is 1.83. The minimum atomic E-state index is 0. The van der Waals surface area contributed by atoms with E-state index in [2.05, 4.69) is 20.8 Å². The van der Waals surface area contributed by atoms with Crippen LogP contribution in [0.5, 0.6) is 0 Å². The second kappa shape index (κ2) is 9.26. The topological polar surface area (TPSA) is 0 Å². The van der Waals surface area contributed by atoms with E-state index >= 15 is 0 Å². The Hall–Kier alpha value is 1.26. The summed E-state index contributed by atoms with van der Waals surface area (Å²) in [6.45, 7) is 8.42. The van der Waals surface area contributed by atoms with Gasteiger partial charge < -0.3 is 0 Å². The van der Waals surface area contributed by atoms with Crippen molar-refractivity contribution < 1.29 is 0 Å². The molecule has 0 rings (SSSR count). The van der Waals surface area contributed by atoms with E-state index in [0.717, 1.165) is 0 Å². The molecule has 0 spiro atoms. The van der Waals surface area contributed by atoms with Crippen LogP contribution in [0.15, 0.2) is 0 Å². The zero-order chi connectivity index (χ0) is 6.41. The zero-order valence-corrected chi connectivity index (χ0v) is 6.11. The normalized spacial score (nSPS) is 12.3. The van der Waals surface area contributed by atoms with Gasteiger partial charge in [-0.05, 0) is 5.92 Å². The first kappa shape index (κ1) is 12.9. The van der Waals surface area contributed by atoms with Gasteiger partial charge in [0.1, 0.15) is 0 Å². The maximum atomic E-state index is 3.99. The van der Waals surface area contributed by atoms with Crippen LogP contribution in [0.1, 0.15) is 39.5 Å². The molecule has 0 bridgehead atoms. The van der Waals surface area contributed by atoms with E-state index in [0.29, 0.717) is 5.92 Å². The van der Waals surface area contributed by atoms with Crippen LogP contribution in [0.4, 0.5) is 0 Å². The first-order valence-corrected chi connectivity index (χ1v) is 3.64. The molecule has 1 radical (unpaired) electrons. The molecule has 1 unspecified atom stereocenters. The molecule has 9 heavy (non-hydrogen) atoms. The van der Waals surface area contributed by atoms with Gasteiger partial charge in [0, 0.05) is 0 Å². The van der Waals surface area contributed by atoms with Crippen LogP contribution >= 0.6 is 0 Å². The van der Waals surface area contributed by atoms with Crippen molar-refractivity contribution in [1.82, 2.24) is 0 Å². The third-order valence-corrected chi connectivity index (χ3v) is 1.54. The van der Waals surface area contributed by atoms with Crippen LogP contribution in [-0.4, -0.2) is 37.7 Å². The van der Waals surface area contributed by atoms with Gasteiger partial charge in [-0.3, -0.25) is 0 Å². The fourth-order valence-corrected chi connectivity index (χ4v) is 0.697. The van der Waals surface area contributed by atoms with E-state index in [1.165, 1.54) is 25.7 Å². The molecule has 53 valence electrons. The average molecular weight is 155 g/mol. The van der Waals surface area contributed by atoms with Crippen molar-refractivity contribution >= 4 is 37.7 Å². The van der Waals surface area contributed by atoms with Gasteiger partial charge in [0.2, 0.25) is 0 Å². The molecule has 0 aromatic rings. The molecule has 0 aromatic carbocycles.